The van der Waals surface area contributed by atoms with Crippen molar-refractivity contribution in [2.45, 2.75) is 19.8 Å². The third-order valence-corrected chi connectivity index (χ3v) is 2.69. The largest absolute Gasteiger partial charge is 0.357 e. The van der Waals surface area contributed by atoms with Crippen LogP contribution in [0.5, 0.6) is 0 Å². The molecule has 5 nitrogen and oxygen atoms in total. The Kier molecular flexibility index (Phi) is 6.46. The highest BCUT2D eigenvalue weighted by Gasteiger charge is 2.00. The summed E-state index contributed by atoms with van der Waals surface area (Å²) in [5.41, 5.74) is 4.34. The highest BCUT2D eigenvalue weighted by Crippen LogP contribution is 2.15. The number of hydrogen-bond acceptors (Lipinski definition) is 3. The SMILES string of the molecule is CNC(=O)CONC(=O)/C=C/c1ccc(C(C)C)cc1. The van der Waals surface area contributed by atoms with Crippen molar-refractivity contribution in [1.29, 1.82) is 0 Å². The van der Waals surface area contributed by atoms with Gasteiger partial charge in [-0.25, -0.2) is 5.48 Å². The molecule has 0 aliphatic heterocycles. The number of likely N-dealkylation sites (N-methyl/N-ethyl adjacent to an activating group) is 1. The lowest BCUT2D eigenvalue weighted by Gasteiger charge is -2.04. The fourth-order valence-electron chi connectivity index (χ4n) is 1.44. The van der Waals surface area contributed by atoms with Crippen LogP contribution >= 0.6 is 0 Å². The van der Waals surface area contributed by atoms with E-state index in [1.165, 1.54) is 18.7 Å². The van der Waals surface area contributed by atoms with Gasteiger partial charge in [-0.2, -0.15) is 0 Å². The van der Waals surface area contributed by atoms with E-state index >= 15 is 0 Å². The molecule has 0 heterocycles. The first-order chi connectivity index (χ1) is 9.52. The quantitative estimate of drug-likeness (QED) is 0.613. The Hall–Kier alpha value is -2.14. The van der Waals surface area contributed by atoms with Gasteiger partial charge < -0.3 is 5.32 Å². The minimum absolute atomic E-state index is 0.209. The Balaban J connectivity index is 2.42. The average Bonchev–Trinajstić information content (AvgIpc) is 2.45. The fourth-order valence-corrected chi connectivity index (χ4v) is 1.44. The lowest BCUT2D eigenvalue weighted by Crippen LogP contribution is -2.30. The third-order valence-electron chi connectivity index (χ3n) is 2.69. The van der Waals surface area contributed by atoms with Crippen LogP contribution in [0.3, 0.4) is 0 Å². The van der Waals surface area contributed by atoms with E-state index in [9.17, 15) is 9.59 Å². The molecule has 1 aromatic rings. The molecule has 108 valence electrons. The molecule has 2 amide bonds. The van der Waals surface area contributed by atoms with Crippen LogP contribution in [0.4, 0.5) is 0 Å². The molecule has 2 N–H and O–H groups in total. The summed E-state index contributed by atoms with van der Waals surface area (Å²) >= 11 is 0. The smallest absolute Gasteiger partial charge is 0.267 e. The molecule has 0 fully saturated rings. The van der Waals surface area contributed by atoms with E-state index < -0.39 is 5.91 Å². The van der Waals surface area contributed by atoms with Crippen LogP contribution < -0.4 is 10.8 Å². The van der Waals surface area contributed by atoms with E-state index in [0.29, 0.717) is 5.92 Å². The molecule has 1 aromatic carbocycles. The van der Waals surface area contributed by atoms with Crippen LogP contribution in [0.15, 0.2) is 30.3 Å². The number of hydroxylamine groups is 1. The molecule has 0 aliphatic carbocycles. The van der Waals surface area contributed by atoms with Gasteiger partial charge in [0, 0.05) is 13.1 Å². The van der Waals surface area contributed by atoms with Crippen molar-refractivity contribution in [3.63, 3.8) is 0 Å². The lowest BCUT2D eigenvalue weighted by atomic mass is 10.0. The van der Waals surface area contributed by atoms with Crippen molar-refractivity contribution in [2.75, 3.05) is 13.7 Å². The molecular weight excluding hydrogens is 256 g/mol. The maximum Gasteiger partial charge on any atom is 0.267 e. The number of nitrogens with one attached hydrogen (secondary N) is 2. The number of amides is 2. The monoisotopic (exact) mass is 276 g/mol. The summed E-state index contributed by atoms with van der Waals surface area (Å²) in [5, 5.41) is 2.38. The Labute approximate surface area is 119 Å². The van der Waals surface area contributed by atoms with Gasteiger partial charge in [0.2, 0.25) is 5.91 Å². The van der Waals surface area contributed by atoms with Crippen LogP contribution in [0.25, 0.3) is 6.08 Å². The average molecular weight is 276 g/mol. The van der Waals surface area contributed by atoms with Crippen LogP contribution in [0.1, 0.15) is 30.9 Å². The molecule has 1 rings (SSSR count). The van der Waals surface area contributed by atoms with Gasteiger partial charge in [-0.05, 0) is 23.1 Å². The zero-order valence-corrected chi connectivity index (χ0v) is 12.0. The van der Waals surface area contributed by atoms with Crippen molar-refractivity contribution in [3.05, 3.63) is 41.5 Å². The molecular formula is C15H20N2O3. The summed E-state index contributed by atoms with van der Waals surface area (Å²) in [7, 11) is 1.49. The highest BCUT2D eigenvalue weighted by molar-refractivity contribution is 5.91. The lowest BCUT2D eigenvalue weighted by molar-refractivity contribution is -0.135. The molecule has 0 radical (unpaired) electrons. The first-order valence-electron chi connectivity index (χ1n) is 6.43. The van der Waals surface area contributed by atoms with Gasteiger partial charge in [-0.15, -0.1) is 0 Å². The zero-order chi connectivity index (χ0) is 15.0. The summed E-state index contributed by atoms with van der Waals surface area (Å²) in [4.78, 5) is 27.0. The van der Waals surface area contributed by atoms with E-state index in [1.807, 2.05) is 24.3 Å². The molecule has 0 saturated carbocycles. The van der Waals surface area contributed by atoms with Crippen molar-refractivity contribution in [1.82, 2.24) is 10.8 Å². The molecule has 0 atom stereocenters. The third kappa shape index (κ3) is 5.67. The Bertz CT molecular complexity index is 478. The predicted octanol–water partition coefficient (Wildman–Crippen LogP) is 1.62. The van der Waals surface area contributed by atoms with Gasteiger partial charge in [0.25, 0.3) is 5.91 Å². The van der Waals surface area contributed by atoms with E-state index in [0.717, 1.165) is 5.56 Å². The fraction of sp³-hybridized carbons (Fsp3) is 0.333. The number of carbonyl (C=O) groups excluding carboxylic acids is 2. The normalized spacial score (nSPS) is 10.8. The topological polar surface area (TPSA) is 67.4 Å². The van der Waals surface area contributed by atoms with E-state index in [1.54, 1.807) is 6.08 Å². The molecule has 0 unspecified atom stereocenters. The van der Waals surface area contributed by atoms with Crippen LogP contribution in [0.2, 0.25) is 0 Å². The number of benzene rings is 1. The second-order valence-electron chi connectivity index (χ2n) is 4.58. The highest BCUT2D eigenvalue weighted by atomic mass is 16.7. The van der Waals surface area contributed by atoms with Crippen molar-refractivity contribution in [2.24, 2.45) is 0 Å². The van der Waals surface area contributed by atoms with E-state index in [-0.39, 0.29) is 12.5 Å². The van der Waals surface area contributed by atoms with Crippen LogP contribution in [-0.2, 0) is 14.4 Å². The summed E-state index contributed by atoms with van der Waals surface area (Å²) in [6, 6.07) is 7.96. The zero-order valence-electron chi connectivity index (χ0n) is 12.0. The van der Waals surface area contributed by atoms with Gasteiger partial charge in [0.05, 0.1) is 0 Å². The van der Waals surface area contributed by atoms with Crippen LogP contribution in [-0.4, -0.2) is 25.5 Å². The summed E-state index contributed by atoms with van der Waals surface area (Å²) < 4.78 is 0. The first kappa shape index (κ1) is 15.9. The van der Waals surface area contributed by atoms with Gasteiger partial charge in [0.1, 0.15) is 0 Å². The second-order valence-corrected chi connectivity index (χ2v) is 4.58. The molecule has 0 saturated heterocycles. The molecule has 0 bridgehead atoms. The minimum Gasteiger partial charge on any atom is -0.357 e. The molecule has 0 aromatic heterocycles. The van der Waals surface area contributed by atoms with Crippen LogP contribution in [0, 0.1) is 0 Å². The second kappa shape index (κ2) is 8.12. The van der Waals surface area contributed by atoms with Crippen molar-refractivity contribution in [3.8, 4) is 0 Å². The summed E-state index contributed by atoms with van der Waals surface area (Å²) in [5.74, 6) is -0.241. The molecule has 20 heavy (non-hydrogen) atoms. The Morgan fingerprint density at radius 3 is 2.45 bits per heavy atom. The number of hydrogen-bond donors (Lipinski definition) is 2. The van der Waals surface area contributed by atoms with Crippen molar-refractivity contribution < 1.29 is 14.4 Å². The van der Waals surface area contributed by atoms with E-state index in [4.69, 9.17) is 4.84 Å². The maximum atomic E-state index is 11.4. The van der Waals surface area contributed by atoms with Gasteiger partial charge in [-0.1, -0.05) is 38.1 Å². The van der Waals surface area contributed by atoms with Crippen molar-refractivity contribution >= 4 is 17.9 Å². The predicted molar refractivity (Wildman–Crippen MR) is 77.7 cm³/mol. The number of carbonyl (C=O) groups is 2. The van der Waals surface area contributed by atoms with Gasteiger partial charge >= 0.3 is 0 Å². The number of rotatable bonds is 6. The molecule has 0 spiro atoms. The Morgan fingerprint density at radius 2 is 1.90 bits per heavy atom. The standard InChI is InChI=1S/C15H20N2O3/c1-11(2)13-7-4-12(5-8-13)6-9-14(18)17-20-10-15(19)16-3/h4-9,11H,10H2,1-3H3,(H,16,19)(H,17,18)/b9-6+. The van der Waals surface area contributed by atoms with E-state index in [2.05, 4.69) is 24.6 Å². The molecule has 5 heteroatoms. The summed E-state index contributed by atoms with van der Waals surface area (Å²) in [6.45, 7) is 4.04. The minimum atomic E-state index is -0.415. The molecule has 0 aliphatic rings. The maximum absolute atomic E-state index is 11.4. The Morgan fingerprint density at radius 1 is 1.25 bits per heavy atom. The summed E-state index contributed by atoms with van der Waals surface area (Å²) in [6.07, 6.45) is 3.04. The van der Waals surface area contributed by atoms with Gasteiger partial charge in [0.15, 0.2) is 6.61 Å². The first-order valence-corrected chi connectivity index (χ1v) is 6.43. The van der Waals surface area contributed by atoms with Gasteiger partial charge in [-0.3, -0.25) is 14.4 Å².